The second-order valence-corrected chi connectivity index (χ2v) is 7.84. The SMILES string of the molecule is Cc1cc(CNS(=O)(=O)c2cc(Br)ccc2Br)c(C)o1. The van der Waals surface area contributed by atoms with Gasteiger partial charge in [0, 0.05) is 21.1 Å². The highest BCUT2D eigenvalue weighted by molar-refractivity contribution is 9.11. The number of halogens is 2. The Morgan fingerprint density at radius 2 is 1.90 bits per heavy atom. The fraction of sp³-hybridized carbons (Fsp3) is 0.231. The Morgan fingerprint density at radius 1 is 1.20 bits per heavy atom. The van der Waals surface area contributed by atoms with E-state index in [2.05, 4.69) is 36.6 Å². The molecule has 4 nitrogen and oxygen atoms in total. The van der Waals surface area contributed by atoms with Crippen molar-refractivity contribution < 1.29 is 12.8 Å². The molecule has 0 aliphatic carbocycles. The number of benzene rings is 1. The van der Waals surface area contributed by atoms with Gasteiger partial charge in [0.05, 0.1) is 4.90 Å². The van der Waals surface area contributed by atoms with Crippen LogP contribution in [-0.2, 0) is 16.6 Å². The van der Waals surface area contributed by atoms with E-state index < -0.39 is 10.0 Å². The van der Waals surface area contributed by atoms with Crippen LogP contribution in [0, 0.1) is 13.8 Å². The normalized spacial score (nSPS) is 11.8. The summed E-state index contributed by atoms with van der Waals surface area (Å²) in [6.45, 7) is 3.84. The van der Waals surface area contributed by atoms with Crippen LogP contribution in [0.4, 0.5) is 0 Å². The quantitative estimate of drug-likeness (QED) is 0.812. The van der Waals surface area contributed by atoms with Crippen LogP contribution >= 0.6 is 31.9 Å². The number of furan rings is 1. The molecule has 0 aliphatic heterocycles. The minimum atomic E-state index is -3.59. The van der Waals surface area contributed by atoms with Crippen molar-refractivity contribution >= 4 is 41.9 Å². The third-order valence-electron chi connectivity index (χ3n) is 2.78. The van der Waals surface area contributed by atoms with Crippen molar-refractivity contribution in [3.63, 3.8) is 0 Å². The third kappa shape index (κ3) is 3.52. The van der Waals surface area contributed by atoms with Gasteiger partial charge in [0.15, 0.2) is 0 Å². The highest BCUT2D eigenvalue weighted by Crippen LogP contribution is 2.26. The van der Waals surface area contributed by atoms with Gasteiger partial charge in [-0.25, -0.2) is 13.1 Å². The van der Waals surface area contributed by atoms with Gasteiger partial charge in [0.1, 0.15) is 11.5 Å². The summed E-state index contributed by atoms with van der Waals surface area (Å²) in [5, 5.41) is 0. The zero-order chi connectivity index (χ0) is 14.9. The summed E-state index contributed by atoms with van der Waals surface area (Å²) >= 11 is 6.52. The first-order valence-corrected chi connectivity index (χ1v) is 8.87. The molecule has 0 saturated carbocycles. The molecule has 108 valence electrons. The maximum atomic E-state index is 12.3. The summed E-state index contributed by atoms with van der Waals surface area (Å²) in [6, 6.07) is 6.84. The molecule has 2 aromatic rings. The van der Waals surface area contributed by atoms with Gasteiger partial charge < -0.3 is 4.42 Å². The van der Waals surface area contributed by atoms with Crippen LogP contribution < -0.4 is 4.72 Å². The maximum absolute atomic E-state index is 12.3. The van der Waals surface area contributed by atoms with Crippen molar-refractivity contribution in [1.29, 1.82) is 0 Å². The maximum Gasteiger partial charge on any atom is 0.242 e. The summed E-state index contributed by atoms with van der Waals surface area (Å²) in [5.74, 6) is 1.49. The topological polar surface area (TPSA) is 59.3 Å². The fourth-order valence-corrected chi connectivity index (χ4v) is 4.30. The molecule has 0 aliphatic rings. The summed E-state index contributed by atoms with van der Waals surface area (Å²) < 4.78 is 33.8. The Labute approximate surface area is 134 Å². The van der Waals surface area contributed by atoms with Gasteiger partial charge in [0.2, 0.25) is 10.0 Å². The highest BCUT2D eigenvalue weighted by Gasteiger charge is 2.18. The molecule has 0 bridgehead atoms. The summed E-state index contributed by atoms with van der Waals surface area (Å²) in [6.07, 6.45) is 0. The molecule has 1 aromatic heterocycles. The molecule has 0 unspecified atom stereocenters. The van der Waals surface area contributed by atoms with Gasteiger partial charge in [-0.2, -0.15) is 0 Å². The third-order valence-corrected chi connectivity index (χ3v) is 5.67. The molecule has 20 heavy (non-hydrogen) atoms. The summed E-state index contributed by atoms with van der Waals surface area (Å²) in [4.78, 5) is 0.199. The van der Waals surface area contributed by atoms with Crippen molar-refractivity contribution in [3.05, 3.63) is 50.3 Å². The van der Waals surface area contributed by atoms with E-state index >= 15 is 0 Å². The second-order valence-electron chi connectivity index (χ2n) is 4.34. The molecule has 0 amide bonds. The van der Waals surface area contributed by atoms with E-state index in [-0.39, 0.29) is 11.4 Å². The van der Waals surface area contributed by atoms with Crippen molar-refractivity contribution in [2.45, 2.75) is 25.3 Å². The Balaban J connectivity index is 2.23. The second kappa shape index (κ2) is 6.01. The molecule has 7 heteroatoms. The molecular weight excluding hydrogens is 410 g/mol. The number of aryl methyl sites for hydroxylation is 2. The lowest BCUT2D eigenvalue weighted by Crippen LogP contribution is -2.23. The van der Waals surface area contributed by atoms with Crippen LogP contribution in [0.5, 0.6) is 0 Å². The van der Waals surface area contributed by atoms with E-state index in [1.165, 1.54) is 0 Å². The van der Waals surface area contributed by atoms with E-state index in [0.717, 1.165) is 17.1 Å². The zero-order valence-electron chi connectivity index (χ0n) is 10.9. The molecule has 0 fully saturated rings. The van der Waals surface area contributed by atoms with Crippen LogP contribution in [0.2, 0.25) is 0 Å². The van der Waals surface area contributed by atoms with E-state index in [0.29, 0.717) is 8.95 Å². The Bertz CT molecular complexity index is 738. The van der Waals surface area contributed by atoms with Gasteiger partial charge in [0.25, 0.3) is 0 Å². The van der Waals surface area contributed by atoms with E-state index in [1.54, 1.807) is 18.2 Å². The number of rotatable bonds is 4. The average molecular weight is 423 g/mol. The molecule has 1 N–H and O–H groups in total. The van der Waals surface area contributed by atoms with Crippen molar-refractivity contribution in [2.75, 3.05) is 0 Å². The van der Waals surface area contributed by atoms with Gasteiger partial charge >= 0.3 is 0 Å². The summed E-state index contributed by atoms with van der Waals surface area (Å²) in [5.41, 5.74) is 0.831. The van der Waals surface area contributed by atoms with Crippen LogP contribution in [0.1, 0.15) is 17.1 Å². The number of hydrogen-bond donors (Lipinski definition) is 1. The minimum absolute atomic E-state index is 0.199. The first-order valence-electron chi connectivity index (χ1n) is 5.80. The van der Waals surface area contributed by atoms with E-state index in [1.807, 2.05) is 19.9 Å². The summed E-state index contributed by atoms with van der Waals surface area (Å²) in [7, 11) is -3.59. The molecule has 2 rings (SSSR count). The number of sulfonamides is 1. The zero-order valence-corrected chi connectivity index (χ0v) is 14.9. The van der Waals surface area contributed by atoms with Crippen LogP contribution in [0.25, 0.3) is 0 Å². The van der Waals surface area contributed by atoms with E-state index in [4.69, 9.17) is 4.42 Å². The Kier molecular flexibility index (Phi) is 4.73. The first kappa shape index (κ1) is 15.8. The number of nitrogens with one attached hydrogen (secondary N) is 1. The molecule has 0 radical (unpaired) electrons. The lowest BCUT2D eigenvalue weighted by molar-refractivity contribution is 0.500. The van der Waals surface area contributed by atoms with Crippen molar-refractivity contribution in [3.8, 4) is 0 Å². The molecule has 0 spiro atoms. The minimum Gasteiger partial charge on any atom is -0.466 e. The smallest absolute Gasteiger partial charge is 0.242 e. The lowest BCUT2D eigenvalue weighted by atomic mass is 10.2. The standard InChI is InChI=1S/C13H13Br2NO3S/c1-8-5-10(9(2)19-8)7-16-20(17,18)13-6-11(14)3-4-12(13)15/h3-6,16H,7H2,1-2H3. The van der Waals surface area contributed by atoms with Crippen molar-refractivity contribution in [2.24, 2.45) is 0 Å². The Hall–Kier alpha value is -0.630. The lowest BCUT2D eigenvalue weighted by Gasteiger charge is -2.08. The predicted molar refractivity (Wildman–Crippen MR) is 84.0 cm³/mol. The molecule has 1 heterocycles. The van der Waals surface area contributed by atoms with E-state index in [9.17, 15) is 8.42 Å². The monoisotopic (exact) mass is 421 g/mol. The Morgan fingerprint density at radius 3 is 2.50 bits per heavy atom. The highest BCUT2D eigenvalue weighted by atomic mass is 79.9. The average Bonchev–Trinajstić information content (AvgIpc) is 2.68. The van der Waals surface area contributed by atoms with Gasteiger partial charge in [-0.3, -0.25) is 0 Å². The molecule has 0 atom stereocenters. The molecule has 0 saturated heterocycles. The first-order chi connectivity index (χ1) is 9.29. The molecule has 1 aromatic carbocycles. The van der Waals surface area contributed by atoms with Crippen LogP contribution in [0.3, 0.4) is 0 Å². The van der Waals surface area contributed by atoms with Crippen molar-refractivity contribution in [1.82, 2.24) is 4.72 Å². The van der Waals surface area contributed by atoms with Crippen LogP contribution in [0.15, 0.2) is 42.5 Å². The largest absolute Gasteiger partial charge is 0.466 e. The van der Waals surface area contributed by atoms with Gasteiger partial charge in [-0.15, -0.1) is 0 Å². The van der Waals surface area contributed by atoms with Crippen LogP contribution in [-0.4, -0.2) is 8.42 Å². The molecular formula is C13H13Br2NO3S. The fourth-order valence-electron chi connectivity index (χ4n) is 1.79. The number of hydrogen-bond acceptors (Lipinski definition) is 3. The van der Waals surface area contributed by atoms with Gasteiger partial charge in [-0.1, -0.05) is 15.9 Å². The predicted octanol–water partition coefficient (Wildman–Crippen LogP) is 3.90. The van der Waals surface area contributed by atoms with Gasteiger partial charge in [-0.05, 0) is 54.0 Å².